The monoisotopic (exact) mass is 186 g/mol. The summed E-state index contributed by atoms with van der Waals surface area (Å²) in [6.07, 6.45) is 0.854. The number of morpholine rings is 1. The van der Waals surface area contributed by atoms with Crippen LogP contribution in [-0.4, -0.2) is 42.6 Å². The van der Waals surface area contributed by atoms with Crippen LogP contribution in [0.25, 0.3) is 0 Å². The summed E-state index contributed by atoms with van der Waals surface area (Å²) in [6, 6.07) is 0. The van der Waals surface area contributed by atoms with E-state index in [2.05, 4.69) is 0 Å². The maximum absolute atomic E-state index is 11.1. The van der Waals surface area contributed by atoms with Gasteiger partial charge in [0.05, 0.1) is 18.8 Å². The third-order valence-corrected chi connectivity index (χ3v) is 2.71. The Labute approximate surface area is 79.0 Å². The van der Waals surface area contributed by atoms with Crippen molar-refractivity contribution in [2.45, 2.75) is 25.9 Å². The van der Waals surface area contributed by atoms with E-state index < -0.39 is 0 Å². The second kappa shape index (κ2) is 4.07. The third kappa shape index (κ3) is 2.19. The molecule has 1 amide bonds. The van der Waals surface area contributed by atoms with Gasteiger partial charge in [0.15, 0.2) is 0 Å². The van der Waals surface area contributed by atoms with Gasteiger partial charge in [-0.25, -0.2) is 0 Å². The topological polar surface area (TPSA) is 55.6 Å². The van der Waals surface area contributed by atoms with Gasteiger partial charge in [0.2, 0.25) is 5.91 Å². The highest BCUT2D eigenvalue weighted by Crippen LogP contribution is 2.20. The van der Waals surface area contributed by atoms with E-state index in [9.17, 15) is 4.79 Å². The Morgan fingerprint density at radius 2 is 2.38 bits per heavy atom. The molecule has 1 aliphatic rings. The van der Waals surface area contributed by atoms with Crippen molar-refractivity contribution in [1.82, 2.24) is 4.90 Å². The van der Waals surface area contributed by atoms with Crippen LogP contribution in [0.1, 0.15) is 20.3 Å². The molecule has 0 radical (unpaired) electrons. The molecule has 1 aliphatic heterocycles. The van der Waals surface area contributed by atoms with E-state index in [1.54, 1.807) is 11.8 Å². The molecule has 1 rings (SSSR count). The first-order valence-electron chi connectivity index (χ1n) is 4.73. The minimum Gasteiger partial charge on any atom is -0.370 e. The fourth-order valence-electron chi connectivity index (χ4n) is 1.60. The number of ether oxygens (including phenoxy) is 1. The van der Waals surface area contributed by atoms with Crippen LogP contribution in [0.4, 0.5) is 0 Å². The highest BCUT2D eigenvalue weighted by molar-refractivity contribution is 5.73. The van der Waals surface area contributed by atoms with E-state index in [1.807, 2.05) is 6.92 Å². The number of hydrogen-bond acceptors (Lipinski definition) is 3. The molecule has 0 saturated carbocycles. The maximum atomic E-state index is 11.1. The normalized spacial score (nSPS) is 29.0. The summed E-state index contributed by atoms with van der Waals surface area (Å²) in [5.74, 6) is 0.106. The Bertz CT molecular complexity index is 190. The largest absolute Gasteiger partial charge is 0.370 e. The molecular formula is C9H18N2O2. The highest BCUT2D eigenvalue weighted by Gasteiger charge is 2.34. The van der Waals surface area contributed by atoms with Crippen LogP contribution in [0.3, 0.4) is 0 Å². The van der Waals surface area contributed by atoms with Crippen molar-refractivity contribution in [3.63, 3.8) is 0 Å². The van der Waals surface area contributed by atoms with Crippen molar-refractivity contribution in [2.24, 2.45) is 5.73 Å². The molecule has 76 valence electrons. The summed E-state index contributed by atoms with van der Waals surface area (Å²) >= 11 is 0. The fourth-order valence-corrected chi connectivity index (χ4v) is 1.60. The Morgan fingerprint density at radius 1 is 1.69 bits per heavy atom. The Kier molecular flexibility index (Phi) is 3.27. The molecule has 2 N–H and O–H groups in total. The van der Waals surface area contributed by atoms with Gasteiger partial charge in [-0.15, -0.1) is 0 Å². The SMILES string of the molecule is CCC1(CN)CN(C(C)=O)CCO1. The lowest BCUT2D eigenvalue weighted by Crippen LogP contribution is -2.56. The summed E-state index contributed by atoms with van der Waals surface area (Å²) in [6.45, 7) is 6.03. The molecule has 0 bridgehead atoms. The first-order valence-corrected chi connectivity index (χ1v) is 4.73. The van der Waals surface area contributed by atoms with E-state index in [1.165, 1.54) is 0 Å². The number of hydrogen-bond donors (Lipinski definition) is 1. The molecule has 1 heterocycles. The second-order valence-electron chi connectivity index (χ2n) is 3.53. The van der Waals surface area contributed by atoms with Gasteiger partial charge >= 0.3 is 0 Å². The zero-order valence-corrected chi connectivity index (χ0v) is 8.38. The zero-order chi connectivity index (χ0) is 9.90. The fraction of sp³-hybridized carbons (Fsp3) is 0.889. The van der Waals surface area contributed by atoms with Crippen LogP contribution in [0.5, 0.6) is 0 Å². The Hall–Kier alpha value is -0.610. The van der Waals surface area contributed by atoms with Crippen molar-refractivity contribution in [1.29, 1.82) is 0 Å². The molecular weight excluding hydrogens is 168 g/mol. The number of amides is 1. The number of nitrogens with zero attached hydrogens (tertiary/aromatic N) is 1. The van der Waals surface area contributed by atoms with Gasteiger partial charge < -0.3 is 15.4 Å². The molecule has 0 aromatic heterocycles. The van der Waals surface area contributed by atoms with Crippen LogP contribution in [-0.2, 0) is 9.53 Å². The zero-order valence-electron chi connectivity index (χ0n) is 8.38. The molecule has 1 fully saturated rings. The Balaban J connectivity index is 2.63. The molecule has 4 heteroatoms. The van der Waals surface area contributed by atoms with Gasteiger partial charge in [-0.3, -0.25) is 4.79 Å². The lowest BCUT2D eigenvalue weighted by atomic mass is 9.98. The number of rotatable bonds is 2. The minimum absolute atomic E-state index is 0.106. The summed E-state index contributed by atoms with van der Waals surface area (Å²) in [5, 5.41) is 0. The van der Waals surface area contributed by atoms with Gasteiger partial charge in [-0.1, -0.05) is 6.92 Å². The van der Waals surface area contributed by atoms with E-state index in [0.29, 0.717) is 26.2 Å². The Morgan fingerprint density at radius 3 is 2.85 bits per heavy atom. The first kappa shape index (κ1) is 10.5. The van der Waals surface area contributed by atoms with Crippen LogP contribution < -0.4 is 5.73 Å². The van der Waals surface area contributed by atoms with Gasteiger partial charge in [0, 0.05) is 20.0 Å². The quantitative estimate of drug-likeness (QED) is 0.659. The average molecular weight is 186 g/mol. The van der Waals surface area contributed by atoms with E-state index in [-0.39, 0.29) is 11.5 Å². The predicted octanol–water partition coefficient (Wildman–Crippen LogP) is -0.0274. The lowest BCUT2D eigenvalue weighted by Gasteiger charge is -2.41. The number of carbonyl (C=O) groups is 1. The molecule has 1 atom stereocenters. The molecule has 0 aromatic rings. The minimum atomic E-state index is -0.302. The van der Waals surface area contributed by atoms with Crippen LogP contribution in [0.2, 0.25) is 0 Å². The van der Waals surface area contributed by atoms with Gasteiger partial charge in [0.25, 0.3) is 0 Å². The van der Waals surface area contributed by atoms with E-state index >= 15 is 0 Å². The highest BCUT2D eigenvalue weighted by atomic mass is 16.5. The number of carbonyl (C=O) groups excluding carboxylic acids is 1. The molecule has 13 heavy (non-hydrogen) atoms. The number of nitrogens with two attached hydrogens (primary N) is 1. The van der Waals surface area contributed by atoms with Gasteiger partial charge in [0.1, 0.15) is 0 Å². The van der Waals surface area contributed by atoms with Gasteiger partial charge in [-0.2, -0.15) is 0 Å². The van der Waals surface area contributed by atoms with Crippen LogP contribution >= 0.6 is 0 Å². The molecule has 0 aromatic carbocycles. The van der Waals surface area contributed by atoms with E-state index in [0.717, 1.165) is 6.42 Å². The van der Waals surface area contributed by atoms with Crippen molar-refractivity contribution in [3.8, 4) is 0 Å². The van der Waals surface area contributed by atoms with Crippen LogP contribution in [0, 0.1) is 0 Å². The lowest BCUT2D eigenvalue weighted by molar-refractivity contribution is -0.147. The van der Waals surface area contributed by atoms with Crippen molar-refractivity contribution >= 4 is 5.91 Å². The van der Waals surface area contributed by atoms with Crippen molar-refractivity contribution in [3.05, 3.63) is 0 Å². The summed E-state index contributed by atoms with van der Waals surface area (Å²) in [7, 11) is 0. The van der Waals surface area contributed by atoms with Crippen molar-refractivity contribution in [2.75, 3.05) is 26.2 Å². The molecule has 1 unspecified atom stereocenters. The second-order valence-corrected chi connectivity index (χ2v) is 3.53. The molecule has 4 nitrogen and oxygen atoms in total. The third-order valence-electron chi connectivity index (χ3n) is 2.71. The standard InChI is InChI=1S/C9H18N2O2/c1-3-9(6-10)7-11(8(2)12)4-5-13-9/h3-7,10H2,1-2H3. The summed E-state index contributed by atoms with van der Waals surface area (Å²) in [4.78, 5) is 13.0. The van der Waals surface area contributed by atoms with Gasteiger partial charge in [-0.05, 0) is 6.42 Å². The first-order chi connectivity index (χ1) is 6.13. The molecule has 0 spiro atoms. The predicted molar refractivity (Wildman–Crippen MR) is 50.3 cm³/mol. The van der Waals surface area contributed by atoms with E-state index in [4.69, 9.17) is 10.5 Å². The maximum Gasteiger partial charge on any atom is 0.219 e. The summed E-state index contributed by atoms with van der Waals surface area (Å²) in [5.41, 5.74) is 5.35. The average Bonchev–Trinajstić information content (AvgIpc) is 2.18. The smallest absolute Gasteiger partial charge is 0.219 e. The van der Waals surface area contributed by atoms with Crippen LogP contribution in [0.15, 0.2) is 0 Å². The summed E-state index contributed by atoms with van der Waals surface area (Å²) < 4.78 is 5.63. The molecule has 1 saturated heterocycles. The molecule has 0 aliphatic carbocycles. The van der Waals surface area contributed by atoms with Crippen molar-refractivity contribution < 1.29 is 9.53 Å².